The average Bonchev–Trinajstić information content (AvgIpc) is 2.00. The van der Waals surface area contributed by atoms with Gasteiger partial charge in [0.15, 0.2) is 0 Å². The van der Waals surface area contributed by atoms with Crippen molar-refractivity contribution in [1.82, 2.24) is 0 Å². The molecule has 0 saturated carbocycles. The third kappa shape index (κ3) is 2.75. The minimum atomic E-state index is -1.46. The molecule has 2 atom stereocenters. The summed E-state index contributed by atoms with van der Waals surface area (Å²) in [6.45, 7) is 0.715. The van der Waals surface area contributed by atoms with Crippen LogP contribution in [-0.2, 0) is 0 Å². The number of hydrogen-bond donors (Lipinski definition) is 5. The molecule has 11 heavy (non-hydrogen) atoms. The van der Waals surface area contributed by atoms with Crippen molar-refractivity contribution in [3.05, 3.63) is 0 Å². The van der Waals surface area contributed by atoms with Crippen molar-refractivity contribution in [2.75, 3.05) is 6.61 Å². The first-order valence-electron chi connectivity index (χ1n) is 3.13. The minimum absolute atomic E-state index is 0.371. The summed E-state index contributed by atoms with van der Waals surface area (Å²) in [4.78, 5) is 0. The molecule has 0 aromatic rings. The van der Waals surface area contributed by atoms with Crippen molar-refractivity contribution >= 4 is 11.4 Å². The molecule has 5 nitrogen and oxygen atoms in total. The maximum absolute atomic E-state index is 8.99. The SMILES string of the molecule is CC(O)C(=N)C(O)C(=N)CO. The van der Waals surface area contributed by atoms with Gasteiger partial charge in [-0.3, -0.25) is 0 Å². The first kappa shape index (κ1) is 10.2. The van der Waals surface area contributed by atoms with Crippen LogP contribution in [0.3, 0.4) is 0 Å². The van der Waals surface area contributed by atoms with Gasteiger partial charge in [-0.15, -0.1) is 0 Å². The van der Waals surface area contributed by atoms with Crippen molar-refractivity contribution in [2.45, 2.75) is 19.1 Å². The summed E-state index contributed by atoms with van der Waals surface area (Å²) < 4.78 is 0. The highest BCUT2D eigenvalue weighted by atomic mass is 16.3. The minimum Gasteiger partial charge on any atom is -0.390 e. The van der Waals surface area contributed by atoms with Gasteiger partial charge in [-0.2, -0.15) is 0 Å². The molecule has 5 N–H and O–H groups in total. The van der Waals surface area contributed by atoms with Crippen LogP contribution in [0.5, 0.6) is 0 Å². The lowest BCUT2D eigenvalue weighted by molar-refractivity contribution is 0.227. The number of rotatable bonds is 4. The molecule has 64 valence electrons. The molecule has 2 unspecified atom stereocenters. The highest BCUT2D eigenvalue weighted by Gasteiger charge is 2.19. The second kappa shape index (κ2) is 4.17. The van der Waals surface area contributed by atoms with Crippen LogP contribution in [0.4, 0.5) is 0 Å². The Morgan fingerprint density at radius 2 is 1.82 bits per heavy atom. The Morgan fingerprint density at radius 1 is 1.36 bits per heavy atom. The van der Waals surface area contributed by atoms with E-state index in [1.807, 2.05) is 0 Å². The highest BCUT2D eigenvalue weighted by molar-refractivity contribution is 6.09. The maximum Gasteiger partial charge on any atom is 0.134 e. The summed E-state index contributed by atoms with van der Waals surface area (Å²) in [5.41, 5.74) is -0.750. The molecule has 0 fully saturated rings. The molecule has 0 aliphatic rings. The predicted octanol–water partition coefficient (Wildman–Crippen LogP) is -1.24. The second-order valence-electron chi connectivity index (χ2n) is 2.22. The van der Waals surface area contributed by atoms with Gasteiger partial charge in [-0.05, 0) is 6.92 Å². The Labute approximate surface area is 64.3 Å². The molecule has 0 aliphatic carbocycles. The van der Waals surface area contributed by atoms with E-state index < -0.39 is 18.8 Å². The Balaban J connectivity index is 4.13. The van der Waals surface area contributed by atoms with E-state index in [-0.39, 0.29) is 11.4 Å². The molecule has 0 rings (SSSR count). The Bertz CT molecular complexity index is 167. The molecule has 5 heteroatoms. The van der Waals surface area contributed by atoms with Gasteiger partial charge in [-0.1, -0.05) is 0 Å². The fourth-order valence-electron chi connectivity index (χ4n) is 0.503. The van der Waals surface area contributed by atoms with Gasteiger partial charge < -0.3 is 26.1 Å². The van der Waals surface area contributed by atoms with E-state index in [4.69, 9.17) is 26.1 Å². The van der Waals surface area contributed by atoms with Gasteiger partial charge in [0.2, 0.25) is 0 Å². The van der Waals surface area contributed by atoms with Gasteiger partial charge in [0.1, 0.15) is 6.10 Å². The molecule has 0 heterocycles. The molecule has 0 aromatic carbocycles. The predicted molar refractivity (Wildman–Crippen MR) is 40.2 cm³/mol. The monoisotopic (exact) mass is 160 g/mol. The number of aliphatic hydroxyl groups is 3. The number of aliphatic hydroxyl groups excluding tert-OH is 3. The molecule has 0 aromatic heterocycles. The summed E-state index contributed by atoms with van der Waals surface area (Å²) in [5.74, 6) is 0. The number of nitrogens with one attached hydrogen (secondary N) is 2. The lowest BCUT2D eigenvalue weighted by atomic mass is 10.1. The van der Waals surface area contributed by atoms with Gasteiger partial charge in [0, 0.05) is 0 Å². The van der Waals surface area contributed by atoms with Crippen molar-refractivity contribution < 1.29 is 15.3 Å². The maximum atomic E-state index is 8.99. The van der Waals surface area contributed by atoms with Crippen LogP contribution < -0.4 is 0 Å². The quantitative estimate of drug-likeness (QED) is 0.332. The van der Waals surface area contributed by atoms with Gasteiger partial charge in [-0.25, -0.2) is 0 Å². The summed E-state index contributed by atoms with van der Waals surface area (Å²) in [5, 5.41) is 40.1. The van der Waals surface area contributed by atoms with Crippen molar-refractivity contribution in [3.8, 4) is 0 Å². The van der Waals surface area contributed by atoms with E-state index in [9.17, 15) is 0 Å². The fourth-order valence-corrected chi connectivity index (χ4v) is 0.503. The molecule has 0 amide bonds. The van der Waals surface area contributed by atoms with E-state index in [1.54, 1.807) is 0 Å². The second-order valence-corrected chi connectivity index (χ2v) is 2.22. The Morgan fingerprint density at radius 3 is 2.09 bits per heavy atom. The third-order valence-corrected chi connectivity index (χ3v) is 1.25. The lowest BCUT2D eigenvalue weighted by Crippen LogP contribution is -2.37. The first-order chi connectivity index (χ1) is 5.00. The van der Waals surface area contributed by atoms with Crippen molar-refractivity contribution in [2.24, 2.45) is 0 Å². The Hall–Kier alpha value is -0.780. The normalized spacial score (nSPS) is 15.6. The fraction of sp³-hybridized carbons (Fsp3) is 0.667. The van der Waals surface area contributed by atoms with Crippen LogP contribution in [0.25, 0.3) is 0 Å². The molecule has 0 bridgehead atoms. The molecular weight excluding hydrogens is 148 g/mol. The van der Waals surface area contributed by atoms with Gasteiger partial charge in [0.05, 0.1) is 24.1 Å². The highest BCUT2D eigenvalue weighted by Crippen LogP contribution is 1.94. The summed E-state index contributed by atoms with van der Waals surface area (Å²) in [6.07, 6.45) is -2.54. The van der Waals surface area contributed by atoms with Crippen molar-refractivity contribution in [3.63, 3.8) is 0 Å². The summed E-state index contributed by atoms with van der Waals surface area (Å²) >= 11 is 0. The summed E-state index contributed by atoms with van der Waals surface area (Å²) in [6, 6.07) is 0. The number of hydrogen-bond acceptors (Lipinski definition) is 5. The smallest absolute Gasteiger partial charge is 0.134 e. The molecule has 0 aliphatic heterocycles. The van der Waals surface area contributed by atoms with E-state index in [0.717, 1.165) is 0 Å². The zero-order valence-electron chi connectivity index (χ0n) is 6.20. The zero-order valence-corrected chi connectivity index (χ0v) is 6.20. The molecule has 0 spiro atoms. The topological polar surface area (TPSA) is 108 Å². The largest absolute Gasteiger partial charge is 0.390 e. The molecule has 0 radical (unpaired) electrons. The molecule has 0 saturated heterocycles. The van der Waals surface area contributed by atoms with Gasteiger partial charge in [0.25, 0.3) is 0 Å². The van der Waals surface area contributed by atoms with Crippen molar-refractivity contribution in [1.29, 1.82) is 10.8 Å². The van der Waals surface area contributed by atoms with Gasteiger partial charge >= 0.3 is 0 Å². The van der Waals surface area contributed by atoms with Crippen LogP contribution in [0, 0.1) is 10.8 Å². The van der Waals surface area contributed by atoms with Crippen LogP contribution >= 0.6 is 0 Å². The van der Waals surface area contributed by atoms with Crippen LogP contribution in [0.1, 0.15) is 6.92 Å². The lowest BCUT2D eigenvalue weighted by Gasteiger charge is -2.13. The summed E-state index contributed by atoms with van der Waals surface area (Å²) in [7, 11) is 0. The Kier molecular flexibility index (Phi) is 3.88. The van der Waals surface area contributed by atoms with E-state index >= 15 is 0 Å². The molecular formula is C6H12N2O3. The standard InChI is InChI=1S/C6H12N2O3/c1-3(10)5(8)6(11)4(7)2-9/h3,6-11H,2H2,1H3. The average molecular weight is 160 g/mol. The third-order valence-electron chi connectivity index (χ3n) is 1.25. The first-order valence-corrected chi connectivity index (χ1v) is 3.13. The van der Waals surface area contributed by atoms with Crippen LogP contribution in [-0.4, -0.2) is 45.6 Å². The van der Waals surface area contributed by atoms with E-state index in [1.165, 1.54) is 6.92 Å². The van der Waals surface area contributed by atoms with Crippen LogP contribution in [0.2, 0.25) is 0 Å². The van der Waals surface area contributed by atoms with E-state index in [2.05, 4.69) is 0 Å². The van der Waals surface area contributed by atoms with Crippen LogP contribution in [0.15, 0.2) is 0 Å². The zero-order chi connectivity index (χ0) is 9.02. The van der Waals surface area contributed by atoms with E-state index in [0.29, 0.717) is 0 Å².